The Kier molecular flexibility index (Phi) is 6.41. The fourth-order valence-corrected chi connectivity index (χ4v) is 2.43. The molecule has 0 aromatic heterocycles. The molecule has 2 aromatic rings. The first-order valence-corrected chi connectivity index (χ1v) is 7.79. The smallest absolute Gasteiger partial charge is 0.126 e. The second-order valence-electron chi connectivity index (χ2n) is 5.58. The fraction of sp³-hybridized carbons (Fsp3) is 0.368. The van der Waals surface area contributed by atoms with Crippen LogP contribution in [0.2, 0.25) is 0 Å². The highest BCUT2D eigenvalue weighted by Gasteiger charge is 2.04. The monoisotopic (exact) mass is 301 g/mol. The number of rotatable bonds is 8. The molecule has 2 aromatic carbocycles. The molecule has 0 radical (unpaired) electrons. The van der Waals surface area contributed by atoms with Crippen molar-refractivity contribution >= 4 is 0 Å². The third-order valence-electron chi connectivity index (χ3n) is 3.87. The number of benzene rings is 2. The highest BCUT2D eigenvalue weighted by atomic mass is 19.1. The van der Waals surface area contributed by atoms with E-state index in [9.17, 15) is 4.39 Å². The molecule has 0 bridgehead atoms. The van der Waals surface area contributed by atoms with Crippen LogP contribution in [0.1, 0.15) is 24.5 Å². The van der Waals surface area contributed by atoms with Gasteiger partial charge in [-0.3, -0.25) is 0 Å². The second-order valence-corrected chi connectivity index (χ2v) is 5.58. The summed E-state index contributed by atoms with van der Waals surface area (Å²) in [5.41, 5.74) is 2.08. The van der Waals surface area contributed by atoms with Crippen LogP contribution in [0.4, 0.5) is 4.39 Å². The first-order chi connectivity index (χ1) is 10.7. The van der Waals surface area contributed by atoms with Crippen molar-refractivity contribution in [3.05, 3.63) is 65.5 Å². The third-order valence-corrected chi connectivity index (χ3v) is 3.87. The van der Waals surface area contributed by atoms with Gasteiger partial charge in [0.2, 0.25) is 0 Å². The molecule has 1 unspecified atom stereocenters. The number of halogens is 1. The lowest BCUT2D eigenvalue weighted by atomic mass is 10.1. The molecule has 118 valence electrons. The average molecular weight is 301 g/mol. The minimum absolute atomic E-state index is 0.116. The molecule has 0 amide bonds. The first-order valence-electron chi connectivity index (χ1n) is 7.79. The summed E-state index contributed by atoms with van der Waals surface area (Å²) in [5.74, 6) is 0.773. The summed E-state index contributed by atoms with van der Waals surface area (Å²) in [6.07, 6.45) is 2.81. The molecule has 0 aliphatic carbocycles. The van der Waals surface area contributed by atoms with Crippen LogP contribution in [0.15, 0.2) is 48.5 Å². The summed E-state index contributed by atoms with van der Waals surface area (Å²) in [7, 11) is 1.68. The van der Waals surface area contributed by atoms with Gasteiger partial charge in [-0.15, -0.1) is 0 Å². The lowest BCUT2D eigenvalue weighted by molar-refractivity contribution is 0.414. The maximum Gasteiger partial charge on any atom is 0.126 e. The molecule has 0 aliphatic rings. The molecule has 22 heavy (non-hydrogen) atoms. The molecular weight excluding hydrogens is 277 g/mol. The van der Waals surface area contributed by atoms with E-state index in [-0.39, 0.29) is 5.82 Å². The van der Waals surface area contributed by atoms with Crippen LogP contribution < -0.4 is 10.1 Å². The molecule has 0 saturated carbocycles. The molecule has 0 aliphatic heterocycles. The van der Waals surface area contributed by atoms with Gasteiger partial charge in [-0.1, -0.05) is 30.3 Å². The summed E-state index contributed by atoms with van der Waals surface area (Å²) in [5, 5.41) is 3.46. The number of hydrogen-bond acceptors (Lipinski definition) is 2. The summed E-state index contributed by atoms with van der Waals surface area (Å²) in [6, 6.07) is 15.6. The van der Waals surface area contributed by atoms with Crippen molar-refractivity contribution in [3.8, 4) is 5.75 Å². The van der Waals surface area contributed by atoms with Crippen LogP contribution in [0.5, 0.6) is 5.75 Å². The maximum atomic E-state index is 13.5. The largest absolute Gasteiger partial charge is 0.497 e. The standard InChI is InChI=1S/C19H24FNO/c1-15(7-8-16-9-11-18(22-2)12-10-16)21-14-13-17-5-3-4-6-19(17)20/h3-6,9-12,15,21H,7-8,13-14H2,1-2H3. The van der Waals surface area contributed by atoms with E-state index in [1.165, 1.54) is 11.6 Å². The zero-order valence-corrected chi connectivity index (χ0v) is 13.3. The quantitative estimate of drug-likeness (QED) is 0.796. The normalized spacial score (nSPS) is 12.1. The zero-order chi connectivity index (χ0) is 15.8. The van der Waals surface area contributed by atoms with E-state index < -0.39 is 0 Å². The predicted molar refractivity (Wildman–Crippen MR) is 88.9 cm³/mol. The topological polar surface area (TPSA) is 21.3 Å². The molecule has 0 heterocycles. The number of ether oxygens (including phenoxy) is 1. The van der Waals surface area contributed by atoms with E-state index in [1.807, 2.05) is 24.3 Å². The lowest BCUT2D eigenvalue weighted by Gasteiger charge is -2.14. The van der Waals surface area contributed by atoms with E-state index in [2.05, 4.69) is 24.4 Å². The van der Waals surface area contributed by atoms with Crippen molar-refractivity contribution in [2.45, 2.75) is 32.2 Å². The molecular formula is C19H24FNO. The van der Waals surface area contributed by atoms with Gasteiger partial charge in [-0.2, -0.15) is 0 Å². The number of aryl methyl sites for hydroxylation is 1. The van der Waals surface area contributed by atoms with Gasteiger partial charge in [0.25, 0.3) is 0 Å². The van der Waals surface area contributed by atoms with Crippen LogP contribution in [-0.4, -0.2) is 19.7 Å². The minimum Gasteiger partial charge on any atom is -0.497 e. The van der Waals surface area contributed by atoms with Gasteiger partial charge in [0, 0.05) is 6.04 Å². The van der Waals surface area contributed by atoms with Crippen molar-refractivity contribution in [2.75, 3.05) is 13.7 Å². The Morgan fingerprint density at radius 1 is 1.05 bits per heavy atom. The molecule has 1 N–H and O–H groups in total. The number of nitrogens with one attached hydrogen (secondary N) is 1. The maximum absolute atomic E-state index is 13.5. The molecule has 2 rings (SSSR count). The van der Waals surface area contributed by atoms with Gasteiger partial charge in [0.1, 0.15) is 11.6 Å². The van der Waals surface area contributed by atoms with Crippen LogP contribution in [0.3, 0.4) is 0 Å². The molecule has 1 atom stereocenters. The highest BCUT2D eigenvalue weighted by Crippen LogP contribution is 2.13. The molecule has 0 saturated heterocycles. The summed E-state index contributed by atoms with van der Waals surface area (Å²) in [6.45, 7) is 2.97. The van der Waals surface area contributed by atoms with Gasteiger partial charge in [0.05, 0.1) is 7.11 Å². The molecule has 0 fully saturated rings. The van der Waals surface area contributed by atoms with Crippen LogP contribution in [0.25, 0.3) is 0 Å². The second kappa shape index (κ2) is 8.54. The lowest BCUT2D eigenvalue weighted by Crippen LogP contribution is -2.28. The summed E-state index contributed by atoms with van der Waals surface area (Å²) < 4.78 is 18.7. The van der Waals surface area contributed by atoms with Gasteiger partial charge in [0.15, 0.2) is 0 Å². The van der Waals surface area contributed by atoms with E-state index in [1.54, 1.807) is 13.2 Å². The van der Waals surface area contributed by atoms with Gasteiger partial charge in [-0.05, 0) is 62.1 Å². The minimum atomic E-state index is -0.116. The van der Waals surface area contributed by atoms with Crippen molar-refractivity contribution in [3.63, 3.8) is 0 Å². The predicted octanol–water partition coefficient (Wildman–Crippen LogP) is 3.99. The van der Waals surface area contributed by atoms with Crippen LogP contribution in [-0.2, 0) is 12.8 Å². The van der Waals surface area contributed by atoms with Gasteiger partial charge >= 0.3 is 0 Å². The third kappa shape index (κ3) is 5.15. The fourth-order valence-electron chi connectivity index (χ4n) is 2.43. The van der Waals surface area contributed by atoms with E-state index in [0.29, 0.717) is 6.04 Å². The highest BCUT2D eigenvalue weighted by molar-refractivity contribution is 5.27. The molecule has 0 spiro atoms. The number of hydrogen-bond donors (Lipinski definition) is 1. The Morgan fingerprint density at radius 2 is 1.77 bits per heavy atom. The Hall–Kier alpha value is -1.87. The molecule has 2 nitrogen and oxygen atoms in total. The molecule has 3 heteroatoms. The van der Waals surface area contributed by atoms with Crippen molar-refractivity contribution < 1.29 is 9.13 Å². The number of methoxy groups -OCH3 is 1. The Morgan fingerprint density at radius 3 is 2.45 bits per heavy atom. The van der Waals surface area contributed by atoms with E-state index >= 15 is 0 Å². The SMILES string of the molecule is COc1ccc(CCC(C)NCCc2ccccc2F)cc1. The van der Waals surface area contributed by atoms with Crippen LogP contribution >= 0.6 is 0 Å². The van der Waals surface area contributed by atoms with Gasteiger partial charge < -0.3 is 10.1 Å². The summed E-state index contributed by atoms with van der Waals surface area (Å²) in [4.78, 5) is 0. The first kappa shape index (κ1) is 16.5. The van der Waals surface area contributed by atoms with Crippen molar-refractivity contribution in [2.24, 2.45) is 0 Å². The van der Waals surface area contributed by atoms with Crippen molar-refractivity contribution in [1.82, 2.24) is 5.32 Å². The Balaban J connectivity index is 1.69. The zero-order valence-electron chi connectivity index (χ0n) is 13.3. The van der Waals surface area contributed by atoms with Gasteiger partial charge in [-0.25, -0.2) is 4.39 Å². The average Bonchev–Trinajstić information content (AvgIpc) is 2.55. The van der Waals surface area contributed by atoms with Crippen LogP contribution in [0, 0.1) is 5.82 Å². The Labute approximate surface area is 132 Å². The Bertz CT molecular complexity index is 568. The van der Waals surface area contributed by atoms with E-state index in [0.717, 1.165) is 37.1 Å². The summed E-state index contributed by atoms with van der Waals surface area (Å²) >= 11 is 0. The van der Waals surface area contributed by atoms with Crippen molar-refractivity contribution in [1.29, 1.82) is 0 Å². The van der Waals surface area contributed by atoms with E-state index in [4.69, 9.17) is 4.74 Å².